The molecule has 0 aliphatic rings. The van der Waals surface area contributed by atoms with E-state index >= 15 is 0 Å². The lowest BCUT2D eigenvalue weighted by Gasteiger charge is -1.97. The number of pyridine rings is 1. The van der Waals surface area contributed by atoms with E-state index in [1.807, 2.05) is 0 Å². The topological polar surface area (TPSA) is 56.0 Å². The van der Waals surface area contributed by atoms with Gasteiger partial charge in [0.1, 0.15) is 0 Å². The molecule has 0 saturated carbocycles. The summed E-state index contributed by atoms with van der Waals surface area (Å²) in [6.07, 6.45) is 3.97. The fourth-order valence-corrected chi connectivity index (χ4v) is 0.917. The first-order chi connectivity index (χ1) is 5.13. The van der Waals surface area contributed by atoms with E-state index in [1.54, 1.807) is 13.8 Å². The number of nitrogens with zero attached hydrogens (tertiary/aromatic N) is 2. The summed E-state index contributed by atoms with van der Waals surface area (Å²) in [6, 6.07) is 0. The minimum atomic E-state index is -0.414. The van der Waals surface area contributed by atoms with Crippen LogP contribution < -0.4 is 0 Å². The SMILES string of the molecule is Cc1[c]ncc(C)c1[N+](=O)[O-]. The van der Waals surface area contributed by atoms with Crippen molar-refractivity contribution in [3.63, 3.8) is 0 Å². The molecule has 0 bridgehead atoms. The van der Waals surface area contributed by atoms with Crippen LogP contribution in [0.3, 0.4) is 0 Å². The Bertz CT molecular complexity index is 276. The van der Waals surface area contributed by atoms with Crippen molar-refractivity contribution in [3.8, 4) is 0 Å². The predicted octanol–water partition coefficient (Wildman–Crippen LogP) is 1.41. The molecular weight excluding hydrogens is 144 g/mol. The molecule has 1 aromatic heterocycles. The first kappa shape index (κ1) is 7.65. The highest BCUT2D eigenvalue weighted by Gasteiger charge is 2.13. The van der Waals surface area contributed by atoms with Crippen LogP contribution in [0.15, 0.2) is 6.20 Å². The lowest BCUT2D eigenvalue weighted by molar-refractivity contribution is -0.386. The third-order valence-electron chi connectivity index (χ3n) is 1.40. The van der Waals surface area contributed by atoms with Gasteiger partial charge in [-0.25, -0.2) is 0 Å². The maximum absolute atomic E-state index is 10.4. The van der Waals surface area contributed by atoms with Gasteiger partial charge in [-0.15, -0.1) is 0 Å². The van der Waals surface area contributed by atoms with E-state index in [1.165, 1.54) is 6.20 Å². The van der Waals surface area contributed by atoms with Gasteiger partial charge in [0.15, 0.2) is 0 Å². The second-order valence-electron chi connectivity index (χ2n) is 2.28. The quantitative estimate of drug-likeness (QED) is 0.450. The number of hydrogen-bond donors (Lipinski definition) is 0. The van der Waals surface area contributed by atoms with Gasteiger partial charge in [0.2, 0.25) is 0 Å². The largest absolute Gasteiger partial charge is 0.278 e. The molecule has 0 unspecified atom stereocenters. The Hall–Kier alpha value is -1.45. The van der Waals surface area contributed by atoms with Crippen LogP contribution in [0, 0.1) is 30.2 Å². The second kappa shape index (κ2) is 2.65. The fourth-order valence-electron chi connectivity index (χ4n) is 0.917. The number of aromatic nitrogens is 1. The Labute approximate surface area is 64.0 Å². The molecule has 0 aliphatic carbocycles. The van der Waals surface area contributed by atoms with Gasteiger partial charge in [0.05, 0.1) is 16.7 Å². The zero-order valence-electron chi connectivity index (χ0n) is 6.29. The third-order valence-corrected chi connectivity index (χ3v) is 1.40. The van der Waals surface area contributed by atoms with Gasteiger partial charge in [-0.3, -0.25) is 15.1 Å². The number of nitro groups is 1. The molecule has 11 heavy (non-hydrogen) atoms. The van der Waals surface area contributed by atoms with E-state index in [0.29, 0.717) is 11.1 Å². The maximum Gasteiger partial charge on any atom is 0.278 e. The summed E-state index contributed by atoms with van der Waals surface area (Å²) in [7, 11) is 0. The summed E-state index contributed by atoms with van der Waals surface area (Å²) in [5.74, 6) is 0. The van der Waals surface area contributed by atoms with Crippen molar-refractivity contribution in [1.82, 2.24) is 4.98 Å². The van der Waals surface area contributed by atoms with Crippen molar-refractivity contribution in [2.75, 3.05) is 0 Å². The zero-order chi connectivity index (χ0) is 8.43. The Morgan fingerprint density at radius 3 is 2.64 bits per heavy atom. The highest BCUT2D eigenvalue weighted by atomic mass is 16.6. The zero-order valence-corrected chi connectivity index (χ0v) is 6.29. The van der Waals surface area contributed by atoms with Gasteiger partial charge in [-0.2, -0.15) is 0 Å². The molecule has 0 aromatic carbocycles. The molecule has 1 heterocycles. The lowest BCUT2D eigenvalue weighted by Crippen LogP contribution is -1.95. The summed E-state index contributed by atoms with van der Waals surface area (Å²) in [5.41, 5.74) is 1.17. The highest BCUT2D eigenvalue weighted by Crippen LogP contribution is 2.19. The number of rotatable bonds is 1. The van der Waals surface area contributed by atoms with Gasteiger partial charge in [-0.05, 0) is 13.8 Å². The Kier molecular flexibility index (Phi) is 1.85. The Balaban J connectivity index is 3.32. The molecule has 1 radical (unpaired) electrons. The van der Waals surface area contributed by atoms with Crippen LogP contribution in [-0.4, -0.2) is 9.91 Å². The molecule has 0 spiro atoms. The molecule has 0 N–H and O–H groups in total. The fraction of sp³-hybridized carbons (Fsp3) is 0.286. The molecule has 0 saturated heterocycles. The van der Waals surface area contributed by atoms with E-state index in [-0.39, 0.29) is 5.69 Å². The minimum absolute atomic E-state index is 0.111. The molecule has 0 atom stereocenters. The predicted molar refractivity (Wildman–Crippen MR) is 39.2 cm³/mol. The normalized spacial score (nSPS) is 9.64. The van der Waals surface area contributed by atoms with Crippen molar-refractivity contribution in [2.45, 2.75) is 13.8 Å². The molecule has 4 heteroatoms. The summed E-state index contributed by atoms with van der Waals surface area (Å²) in [4.78, 5) is 13.7. The number of hydrogen-bond acceptors (Lipinski definition) is 3. The monoisotopic (exact) mass is 151 g/mol. The van der Waals surface area contributed by atoms with Crippen LogP contribution >= 0.6 is 0 Å². The lowest BCUT2D eigenvalue weighted by atomic mass is 10.2. The summed E-state index contributed by atoms with van der Waals surface area (Å²) < 4.78 is 0. The average Bonchev–Trinajstić information content (AvgIpc) is 1.85. The van der Waals surface area contributed by atoms with Crippen LogP contribution in [-0.2, 0) is 0 Å². The van der Waals surface area contributed by atoms with Crippen molar-refractivity contribution < 1.29 is 4.92 Å². The second-order valence-corrected chi connectivity index (χ2v) is 2.28. The first-order valence-electron chi connectivity index (χ1n) is 3.11. The third kappa shape index (κ3) is 1.34. The molecule has 1 rings (SSSR count). The Morgan fingerprint density at radius 2 is 2.27 bits per heavy atom. The molecular formula is C7H7N2O2. The standard InChI is InChI=1S/C7H7N2O2/c1-5-3-8-4-6(2)7(5)9(10)11/h3H,1-2H3. The van der Waals surface area contributed by atoms with Crippen LogP contribution in [0.25, 0.3) is 0 Å². The molecule has 1 aromatic rings. The van der Waals surface area contributed by atoms with Crippen molar-refractivity contribution >= 4 is 5.69 Å². The van der Waals surface area contributed by atoms with Crippen molar-refractivity contribution in [1.29, 1.82) is 0 Å². The van der Waals surface area contributed by atoms with Gasteiger partial charge < -0.3 is 0 Å². The molecule has 57 valence electrons. The van der Waals surface area contributed by atoms with Gasteiger partial charge >= 0.3 is 0 Å². The van der Waals surface area contributed by atoms with E-state index in [0.717, 1.165) is 0 Å². The van der Waals surface area contributed by atoms with Crippen LogP contribution in [0.4, 0.5) is 5.69 Å². The van der Waals surface area contributed by atoms with Crippen molar-refractivity contribution in [2.24, 2.45) is 0 Å². The van der Waals surface area contributed by atoms with Crippen LogP contribution in [0.1, 0.15) is 11.1 Å². The number of aryl methyl sites for hydroxylation is 2. The van der Waals surface area contributed by atoms with Gasteiger partial charge in [0, 0.05) is 11.8 Å². The summed E-state index contributed by atoms with van der Waals surface area (Å²) in [5, 5.41) is 10.4. The molecule has 0 fully saturated rings. The van der Waals surface area contributed by atoms with Gasteiger partial charge in [0.25, 0.3) is 5.69 Å². The first-order valence-corrected chi connectivity index (χ1v) is 3.11. The van der Waals surface area contributed by atoms with E-state index in [2.05, 4.69) is 11.2 Å². The molecule has 0 aliphatic heterocycles. The molecule has 4 nitrogen and oxygen atoms in total. The summed E-state index contributed by atoms with van der Waals surface area (Å²) in [6.45, 7) is 3.28. The highest BCUT2D eigenvalue weighted by molar-refractivity contribution is 5.42. The van der Waals surface area contributed by atoms with E-state index < -0.39 is 4.92 Å². The summed E-state index contributed by atoms with van der Waals surface area (Å²) >= 11 is 0. The van der Waals surface area contributed by atoms with Crippen molar-refractivity contribution in [3.05, 3.63) is 33.6 Å². The smallest absolute Gasteiger partial charge is 0.258 e. The maximum atomic E-state index is 10.4. The van der Waals surface area contributed by atoms with E-state index in [9.17, 15) is 10.1 Å². The minimum Gasteiger partial charge on any atom is -0.258 e. The average molecular weight is 151 g/mol. The molecule has 0 amide bonds. The van der Waals surface area contributed by atoms with E-state index in [4.69, 9.17) is 0 Å². The van der Waals surface area contributed by atoms with Gasteiger partial charge in [-0.1, -0.05) is 0 Å². The Morgan fingerprint density at radius 1 is 1.64 bits per heavy atom. The van der Waals surface area contributed by atoms with Crippen LogP contribution in [0.2, 0.25) is 0 Å². The van der Waals surface area contributed by atoms with Crippen LogP contribution in [0.5, 0.6) is 0 Å².